The van der Waals surface area contributed by atoms with Crippen molar-refractivity contribution in [1.29, 1.82) is 0 Å². The summed E-state index contributed by atoms with van der Waals surface area (Å²) < 4.78 is 5.52. The Morgan fingerprint density at radius 3 is 2.77 bits per heavy atom. The predicted molar refractivity (Wildman–Crippen MR) is 91.5 cm³/mol. The molecule has 4 heteroatoms. The number of carbonyl (C=O) groups is 1. The highest BCUT2D eigenvalue weighted by atomic mass is 35.5. The predicted octanol–water partition coefficient (Wildman–Crippen LogP) is 4.70. The molecular weight excluding hydrogens is 298 g/mol. The lowest BCUT2D eigenvalue weighted by Gasteiger charge is -2.07. The number of amides is 1. The Balaban J connectivity index is 2.06. The van der Waals surface area contributed by atoms with Crippen molar-refractivity contribution < 1.29 is 9.53 Å². The summed E-state index contributed by atoms with van der Waals surface area (Å²) in [4.78, 5) is 12.0. The first kappa shape index (κ1) is 16.1. The zero-order valence-corrected chi connectivity index (χ0v) is 13.4. The summed E-state index contributed by atoms with van der Waals surface area (Å²) in [5.74, 6) is 0.540. The van der Waals surface area contributed by atoms with Crippen molar-refractivity contribution in [3.63, 3.8) is 0 Å². The van der Waals surface area contributed by atoms with Gasteiger partial charge in [-0.05, 0) is 43.7 Å². The Morgan fingerprint density at radius 2 is 2.05 bits per heavy atom. The van der Waals surface area contributed by atoms with E-state index >= 15 is 0 Å². The highest BCUT2D eigenvalue weighted by Crippen LogP contribution is 2.21. The molecule has 2 aromatic carbocycles. The summed E-state index contributed by atoms with van der Waals surface area (Å²) in [5.41, 5.74) is 2.51. The number of para-hydroxylation sites is 1. The third-order valence-corrected chi connectivity index (χ3v) is 3.48. The Kier molecular flexibility index (Phi) is 5.61. The van der Waals surface area contributed by atoms with E-state index in [-0.39, 0.29) is 5.91 Å². The van der Waals surface area contributed by atoms with Crippen LogP contribution in [0.4, 0.5) is 5.69 Å². The number of carbonyl (C=O) groups excluding carboxylic acids is 1. The minimum absolute atomic E-state index is 0.216. The molecule has 0 radical (unpaired) electrons. The number of benzene rings is 2. The summed E-state index contributed by atoms with van der Waals surface area (Å²) in [5, 5.41) is 3.41. The Hall–Kier alpha value is -2.26. The molecule has 0 atom stereocenters. The number of ether oxygens (including phenoxy) is 1. The molecule has 0 aliphatic rings. The maximum Gasteiger partial charge on any atom is 0.248 e. The number of rotatable bonds is 5. The second kappa shape index (κ2) is 7.66. The fraction of sp³-hybridized carbons (Fsp3) is 0.167. The lowest BCUT2D eigenvalue weighted by Crippen LogP contribution is -2.07. The standard InChI is InChI=1S/C18H18ClNO2/c1-3-22-17-7-5-4-6-14(17)9-11-18(21)20-15-10-8-13(2)16(19)12-15/h4-12H,3H2,1-2H3,(H,20,21). The molecule has 0 aromatic heterocycles. The van der Waals surface area contributed by atoms with Crippen LogP contribution in [0.15, 0.2) is 48.5 Å². The van der Waals surface area contributed by atoms with Crippen LogP contribution in [-0.2, 0) is 4.79 Å². The molecule has 2 rings (SSSR count). The molecule has 0 fully saturated rings. The minimum atomic E-state index is -0.216. The highest BCUT2D eigenvalue weighted by molar-refractivity contribution is 6.31. The summed E-state index contributed by atoms with van der Waals surface area (Å²) in [6, 6.07) is 13.0. The SMILES string of the molecule is CCOc1ccccc1C=CC(=O)Nc1ccc(C)c(Cl)c1. The van der Waals surface area contributed by atoms with E-state index in [1.54, 1.807) is 12.1 Å². The number of nitrogens with one attached hydrogen (secondary N) is 1. The van der Waals surface area contributed by atoms with Gasteiger partial charge in [0.15, 0.2) is 0 Å². The molecule has 22 heavy (non-hydrogen) atoms. The van der Waals surface area contributed by atoms with E-state index in [9.17, 15) is 4.79 Å². The molecular formula is C18H18ClNO2. The van der Waals surface area contributed by atoms with Crippen molar-refractivity contribution in [2.24, 2.45) is 0 Å². The Labute approximate surface area is 135 Å². The van der Waals surface area contributed by atoms with Gasteiger partial charge in [0.25, 0.3) is 0 Å². The van der Waals surface area contributed by atoms with Crippen LogP contribution in [0.1, 0.15) is 18.1 Å². The zero-order valence-electron chi connectivity index (χ0n) is 12.6. The third-order valence-electron chi connectivity index (χ3n) is 3.07. The average Bonchev–Trinajstić information content (AvgIpc) is 2.50. The molecule has 114 valence electrons. The number of halogens is 1. The van der Waals surface area contributed by atoms with Crippen molar-refractivity contribution in [3.05, 3.63) is 64.7 Å². The molecule has 0 aliphatic heterocycles. The molecule has 0 heterocycles. The maximum absolute atomic E-state index is 12.0. The van der Waals surface area contributed by atoms with Gasteiger partial charge in [-0.1, -0.05) is 35.9 Å². The second-order valence-electron chi connectivity index (χ2n) is 4.76. The van der Waals surface area contributed by atoms with Gasteiger partial charge in [0.2, 0.25) is 5.91 Å². The summed E-state index contributed by atoms with van der Waals surface area (Å²) >= 11 is 6.04. The van der Waals surface area contributed by atoms with Crippen LogP contribution in [0.25, 0.3) is 6.08 Å². The number of anilines is 1. The summed E-state index contributed by atoms with van der Waals surface area (Å²) in [7, 11) is 0. The first-order valence-corrected chi connectivity index (χ1v) is 7.45. The number of hydrogen-bond donors (Lipinski definition) is 1. The van der Waals surface area contributed by atoms with E-state index in [1.165, 1.54) is 6.08 Å². The molecule has 2 aromatic rings. The molecule has 0 spiro atoms. The molecule has 1 amide bonds. The van der Waals surface area contributed by atoms with Crippen LogP contribution in [0.3, 0.4) is 0 Å². The molecule has 0 bridgehead atoms. The van der Waals surface area contributed by atoms with Crippen molar-refractivity contribution in [1.82, 2.24) is 0 Å². The van der Waals surface area contributed by atoms with E-state index in [0.717, 1.165) is 16.9 Å². The number of hydrogen-bond acceptors (Lipinski definition) is 2. The normalized spacial score (nSPS) is 10.7. The maximum atomic E-state index is 12.0. The number of aryl methyl sites for hydroxylation is 1. The fourth-order valence-electron chi connectivity index (χ4n) is 1.93. The van der Waals surface area contributed by atoms with Crippen LogP contribution < -0.4 is 10.1 Å². The van der Waals surface area contributed by atoms with Gasteiger partial charge in [0.1, 0.15) is 5.75 Å². The van der Waals surface area contributed by atoms with Gasteiger partial charge >= 0.3 is 0 Å². The van der Waals surface area contributed by atoms with Gasteiger partial charge in [-0.2, -0.15) is 0 Å². The van der Waals surface area contributed by atoms with E-state index in [1.807, 2.05) is 50.2 Å². The smallest absolute Gasteiger partial charge is 0.248 e. The van der Waals surface area contributed by atoms with Gasteiger partial charge in [0.05, 0.1) is 6.61 Å². The summed E-state index contributed by atoms with van der Waals surface area (Å²) in [6.07, 6.45) is 3.21. The van der Waals surface area contributed by atoms with E-state index < -0.39 is 0 Å². The van der Waals surface area contributed by atoms with Gasteiger partial charge in [0, 0.05) is 22.3 Å². The van der Waals surface area contributed by atoms with E-state index in [0.29, 0.717) is 17.3 Å². The molecule has 0 unspecified atom stereocenters. The summed E-state index contributed by atoms with van der Waals surface area (Å²) in [6.45, 7) is 4.42. The van der Waals surface area contributed by atoms with Crippen molar-refractivity contribution in [3.8, 4) is 5.75 Å². The first-order chi connectivity index (χ1) is 10.6. The van der Waals surface area contributed by atoms with Gasteiger partial charge < -0.3 is 10.1 Å². The van der Waals surface area contributed by atoms with Gasteiger partial charge in [-0.25, -0.2) is 0 Å². The van der Waals surface area contributed by atoms with Gasteiger partial charge in [-0.3, -0.25) is 4.79 Å². The molecule has 0 saturated carbocycles. The lowest BCUT2D eigenvalue weighted by molar-refractivity contribution is -0.111. The van der Waals surface area contributed by atoms with Crippen LogP contribution in [-0.4, -0.2) is 12.5 Å². The van der Waals surface area contributed by atoms with E-state index in [2.05, 4.69) is 5.32 Å². The van der Waals surface area contributed by atoms with Crippen LogP contribution in [0, 0.1) is 6.92 Å². The largest absolute Gasteiger partial charge is 0.493 e. The average molecular weight is 316 g/mol. The molecule has 0 saturated heterocycles. The Bertz CT molecular complexity index is 695. The van der Waals surface area contributed by atoms with Gasteiger partial charge in [-0.15, -0.1) is 0 Å². The van der Waals surface area contributed by atoms with E-state index in [4.69, 9.17) is 16.3 Å². The molecule has 3 nitrogen and oxygen atoms in total. The molecule has 0 aliphatic carbocycles. The third kappa shape index (κ3) is 4.37. The van der Waals surface area contributed by atoms with Crippen molar-refractivity contribution in [2.45, 2.75) is 13.8 Å². The first-order valence-electron chi connectivity index (χ1n) is 7.07. The monoisotopic (exact) mass is 315 g/mol. The van der Waals surface area contributed by atoms with Crippen LogP contribution in [0.2, 0.25) is 5.02 Å². The highest BCUT2D eigenvalue weighted by Gasteiger charge is 2.02. The van der Waals surface area contributed by atoms with Crippen molar-refractivity contribution >= 4 is 29.3 Å². The second-order valence-corrected chi connectivity index (χ2v) is 5.16. The minimum Gasteiger partial charge on any atom is -0.493 e. The van der Waals surface area contributed by atoms with Crippen LogP contribution >= 0.6 is 11.6 Å². The Morgan fingerprint density at radius 1 is 1.27 bits per heavy atom. The van der Waals surface area contributed by atoms with Crippen molar-refractivity contribution in [2.75, 3.05) is 11.9 Å². The van der Waals surface area contributed by atoms with Crippen LogP contribution in [0.5, 0.6) is 5.75 Å². The zero-order chi connectivity index (χ0) is 15.9. The topological polar surface area (TPSA) is 38.3 Å². The fourth-order valence-corrected chi connectivity index (χ4v) is 2.11. The lowest BCUT2D eigenvalue weighted by atomic mass is 10.2. The quantitative estimate of drug-likeness (QED) is 0.812. The molecule has 1 N–H and O–H groups in total.